The molecule has 3 rings (SSSR count). The molecule has 0 aliphatic carbocycles. The van der Waals surface area contributed by atoms with E-state index >= 15 is 0 Å². The summed E-state index contributed by atoms with van der Waals surface area (Å²) in [6.45, 7) is 7.62. The van der Waals surface area contributed by atoms with E-state index in [1.807, 2.05) is 30.0 Å². The highest BCUT2D eigenvalue weighted by Crippen LogP contribution is 2.20. The molecule has 2 aromatic rings. The molecular formula is C20H25N3O. The van der Waals surface area contributed by atoms with Crippen LogP contribution < -0.4 is 0 Å². The topological polar surface area (TPSA) is 36.4 Å². The number of likely N-dealkylation sites (tertiary alicyclic amines) is 1. The largest absolute Gasteiger partial charge is 0.335 e. The van der Waals surface area contributed by atoms with Gasteiger partial charge in [-0.1, -0.05) is 30.3 Å². The maximum atomic E-state index is 12.9. The predicted octanol–water partition coefficient (Wildman–Crippen LogP) is 3.13. The fourth-order valence-corrected chi connectivity index (χ4v) is 3.48. The van der Waals surface area contributed by atoms with Gasteiger partial charge < -0.3 is 4.90 Å². The van der Waals surface area contributed by atoms with Gasteiger partial charge in [0.2, 0.25) is 0 Å². The molecule has 0 radical (unpaired) electrons. The number of rotatable bonds is 5. The van der Waals surface area contributed by atoms with Gasteiger partial charge in [0.05, 0.1) is 5.56 Å². The molecule has 0 bridgehead atoms. The summed E-state index contributed by atoms with van der Waals surface area (Å²) in [7, 11) is 0. The second-order valence-electron chi connectivity index (χ2n) is 6.39. The molecule has 2 heterocycles. The summed E-state index contributed by atoms with van der Waals surface area (Å²) < 4.78 is 0. The summed E-state index contributed by atoms with van der Waals surface area (Å²) >= 11 is 0. The highest BCUT2D eigenvalue weighted by molar-refractivity contribution is 5.95. The molecule has 1 aromatic carbocycles. The van der Waals surface area contributed by atoms with Crippen LogP contribution in [0.3, 0.4) is 0 Å². The van der Waals surface area contributed by atoms with E-state index in [-0.39, 0.29) is 11.9 Å². The van der Waals surface area contributed by atoms with Crippen LogP contribution in [0.4, 0.5) is 0 Å². The van der Waals surface area contributed by atoms with Crippen molar-refractivity contribution in [2.75, 3.05) is 19.6 Å². The molecule has 1 saturated heterocycles. The lowest BCUT2D eigenvalue weighted by atomic mass is 10.1. The van der Waals surface area contributed by atoms with Gasteiger partial charge in [-0.05, 0) is 38.0 Å². The smallest absolute Gasteiger partial charge is 0.255 e. The predicted molar refractivity (Wildman–Crippen MR) is 95.8 cm³/mol. The Bertz CT molecular complexity index is 686. The van der Waals surface area contributed by atoms with Crippen molar-refractivity contribution in [2.45, 2.75) is 32.9 Å². The van der Waals surface area contributed by atoms with Crippen molar-refractivity contribution in [3.8, 4) is 0 Å². The molecule has 1 aliphatic rings. The number of nitrogens with zero attached hydrogens (tertiary/aromatic N) is 3. The van der Waals surface area contributed by atoms with Gasteiger partial charge in [0.1, 0.15) is 0 Å². The van der Waals surface area contributed by atoms with E-state index < -0.39 is 0 Å². The standard InChI is InChI=1S/C20H25N3O/c1-3-23(20(24)19-10-7-12-21-16(19)2)18-11-13-22(15-18)14-17-8-5-4-6-9-17/h4-10,12,18H,3,11,13-15H2,1-2H3. The summed E-state index contributed by atoms with van der Waals surface area (Å²) in [6.07, 6.45) is 2.77. The molecule has 0 saturated carbocycles. The number of benzene rings is 1. The molecule has 0 spiro atoms. The number of pyridine rings is 1. The summed E-state index contributed by atoms with van der Waals surface area (Å²) in [5.41, 5.74) is 2.86. The summed E-state index contributed by atoms with van der Waals surface area (Å²) in [5.74, 6) is 0.106. The molecule has 126 valence electrons. The molecule has 4 heteroatoms. The van der Waals surface area contributed by atoms with Crippen LogP contribution in [0.25, 0.3) is 0 Å². The molecule has 1 fully saturated rings. The monoisotopic (exact) mass is 323 g/mol. The maximum absolute atomic E-state index is 12.9. The van der Waals surface area contributed by atoms with Crippen molar-refractivity contribution >= 4 is 5.91 Å². The second-order valence-corrected chi connectivity index (χ2v) is 6.39. The number of hydrogen-bond donors (Lipinski definition) is 0. The quantitative estimate of drug-likeness (QED) is 0.848. The van der Waals surface area contributed by atoms with Crippen LogP contribution in [-0.4, -0.2) is 46.4 Å². The Labute approximate surface area is 144 Å². The van der Waals surface area contributed by atoms with Crippen molar-refractivity contribution < 1.29 is 4.79 Å². The van der Waals surface area contributed by atoms with E-state index in [2.05, 4.69) is 41.1 Å². The normalized spacial score (nSPS) is 17.8. The van der Waals surface area contributed by atoms with Gasteiger partial charge in [0.25, 0.3) is 5.91 Å². The van der Waals surface area contributed by atoms with Crippen molar-refractivity contribution in [2.24, 2.45) is 0 Å². The molecule has 1 aliphatic heterocycles. The van der Waals surface area contributed by atoms with Gasteiger partial charge in [-0.2, -0.15) is 0 Å². The molecule has 1 amide bonds. The molecule has 1 atom stereocenters. The number of likely N-dealkylation sites (N-methyl/N-ethyl adjacent to an activating group) is 1. The summed E-state index contributed by atoms with van der Waals surface area (Å²) in [5, 5.41) is 0. The molecule has 1 unspecified atom stereocenters. The number of aromatic nitrogens is 1. The first-order valence-corrected chi connectivity index (χ1v) is 8.68. The van der Waals surface area contributed by atoms with Crippen LogP contribution in [-0.2, 0) is 6.54 Å². The zero-order valence-corrected chi connectivity index (χ0v) is 14.5. The molecule has 1 aromatic heterocycles. The Kier molecular flexibility index (Phi) is 5.26. The van der Waals surface area contributed by atoms with Crippen LogP contribution in [0.2, 0.25) is 0 Å². The Morgan fingerprint density at radius 2 is 2.04 bits per heavy atom. The van der Waals surface area contributed by atoms with Gasteiger partial charge in [0.15, 0.2) is 0 Å². The second kappa shape index (κ2) is 7.58. The first-order chi connectivity index (χ1) is 11.7. The zero-order chi connectivity index (χ0) is 16.9. The highest BCUT2D eigenvalue weighted by atomic mass is 16.2. The van der Waals surface area contributed by atoms with E-state index in [0.29, 0.717) is 0 Å². The molecule has 24 heavy (non-hydrogen) atoms. The van der Waals surface area contributed by atoms with E-state index in [1.54, 1.807) is 6.20 Å². The minimum absolute atomic E-state index is 0.106. The van der Waals surface area contributed by atoms with E-state index in [4.69, 9.17) is 0 Å². The van der Waals surface area contributed by atoms with E-state index in [9.17, 15) is 4.79 Å². The Morgan fingerprint density at radius 3 is 2.75 bits per heavy atom. The number of hydrogen-bond acceptors (Lipinski definition) is 3. The van der Waals surface area contributed by atoms with Crippen molar-refractivity contribution in [3.63, 3.8) is 0 Å². The number of carbonyl (C=O) groups is 1. The van der Waals surface area contributed by atoms with Crippen molar-refractivity contribution in [3.05, 3.63) is 65.5 Å². The first kappa shape index (κ1) is 16.7. The Morgan fingerprint density at radius 1 is 1.25 bits per heavy atom. The molecule has 0 N–H and O–H groups in total. The molecule has 4 nitrogen and oxygen atoms in total. The van der Waals surface area contributed by atoms with Gasteiger partial charge >= 0.3 is 0 Å². The third kappa shape index (κ3) is 3.65. The van der Waals surface area contributed by atoms with Gasteiger partial charge in [-0.15, -0.1) is 0 Å². The van der Waals surface area contributed by atoms with E-state index in [1.165, 1.54) is 5.56 Å². The minimum atomic E-state index is 0.106. The highest BCUT2D eigenvalue weighted by Gasteiger charge is 2.30. The van der Waals surface area contributed by atoms with Crippen LogP contribution >= 0.6 is 0 Å². The van der Waals surface area contributed by atoms with Gasteiger partial charge in [0, 0.05) is 44.1 Å². The lowest BCUT2D eigenvalue weighted by Gasteiger charge is -2.28. The average molecular weight is 323 g/mol. The van der Waals surface area contributed by atoms with Crippen LogP contribution in [0.15, 0.2) is 48.7 Å². The Hall–Kier alpha value is -2.20. The third-order valence-corrected chi connectivity index (χ3v) is 4.78. The third-order valence-electron chi connectivity index (χ3n) is 4.78. The van der Waals surface area contributed by atoms with E-state index in [0.717, 1.165) is 43.9 Å². The fourth-order valence-electron chi connectivity index (χ4n) is 3.48. The van der Waals surface area contributed by atoms with Crippen LogP contribution in [0.1, 0.15) is 35.0 Å². The van der Waals surface area contributed by atoms with Gasteiger partial charge in [-0.3, -0.25) is 14.7 Å². The summed E-state index contributed by atoms with van der Waals surface area (Å²) in [6, 6.07) is 14.5. The minimum Gasteiger partial charge on any atom is -0.335 e. The number of carbonyl (C=O) groups excluding carboxylic acids is 1. The first-order valence-electron chi connectivity index (χ1n) is 8.68. The lowest BCUT2D eigenvalue weighted by molar-refractivity contribution is 0.0692. The van der Waals surface area contributed by atoms with Crippen LogP contribution in [0.5, 0.6) is 0 Å². The van der Waals surface area contributed by atoms with Crippen molar-refractivity contribution in [1.29, 1.82) is 0 Å². The summed E-state index contributed by atoms with van der Waals surface area (Å²) in [4.78, 5) is 21.6. The Balaban J connectivity index is 1.67. The average Bonchev–Trinajstić information content (AvgIpc) is 3.05. The van der Waals surface area contributed by atoms with Gasteiger partial charge in [-0.25, -0.2) is 0 Å². The lowest BCUT2D eigenvalue weighted by Crippen LogP contribution is -2.42. The molecular weight excluding hydrogens is 298 g/mol. The number of amides is 1. The fraction of sp³-hybridized carbons (Fsp3) is 0.400. The maximum Gasteiger partial charge on any atom is 0.255 e. The van der Waals surface area contributed by atoms with Crippen LogP contribution in [0, 0.1) is 6.92 Å². The zero-order valence-electron chi connectivity index (χ0n) is 14.5. The SMILES string of the molecule is CCN(C(=O)c1cccnc1C)C1CCN(Cc2ccccc2)C1. The van der Waals surface area contributed by atoms with Crippen molar-refractivity contribution in [1.82, 2.24) is 14.8 Å². The number of aryl methyl sites for hydroxylation is 1.